The Morgan fingerprint density at radius 2 is 2.00 bits per heavy atom. The summed E-state index contributed by atoms with van der Waals surface area (Å²) in [6, 6.07) is 11.0. The molecule has 1 aromatic heterocycles. The zero-order valence-electron chi connectivity index (χ0n) is 17.4. The number of rotatable bonds is 6. The van der Waals surface area contributed by atoms with Gasteiger partial charge in [0, 0.05) is 43.0 Å². The van der Waals surface area contributed by atoms with Crippen LogP contribution in [0.25, 0.3) is 0 Å². The number of nitrogens with zero attached hydrogens (tertiary/aromatic N) is 2. The Morgan fingerprint density at radius 1 is 1.19 bits per heavy atom. The first-order valence-corrected chi connectivity index (χ1v) is 10.9. The first-order chi connectivity index (χ1) is 15.0. The van der Waals surface area contributed by atoms with E-state index in [0.29, 0.717) is 23.2 Å². The molecule has 8 heteroatoms. The van der Waals surface area contributed by atoms with E-state index in [1.54, 1.807) is 30.3 Å². The van der Waals surface area contributed by atoms with Crippen LogP contribution in [-0.4, -0.2) is 42.6 Å². The molecule has 1 aliphatic heterocycles. The molecule has 1 aromatic carbocycles. The average molecular weight is 444 g/mol. The lowest BCUT2D eigenvalue weighted by atomic mass is 9.92. The quantitative estimate of drug-likeness (QED) is 0.737. The molecule has 2 aromatic rings. The second-order valence-corrected chi connectivity index (χ2v) is 8.46. The number of anilines is 1. The number of carbonyl (C=O) groups is 2. The molecule has 2 aliphatic rings. The summed E-state index contributed by atoms with van der Waals surface area (Å²) in [6.45, 7) is 0.387. The topological polar surface area (TPSA) is 80.8 Å². The Bertz CT molecular complexity index is 929. The molecule has 1 saturated carbocycles. The number of nitrogens with one attached hydrogen (secondary N) is 1. The first kappa shape index (κ1) is 21.4. The van der Waals surface area contributed by atoms with E-state index in [-0.39, 0.29) is 36.3 Å². The molecular formula is C23H26ClN3O4. The molecular weight excluding hydrogens is 418 g/mol. The molecule has 2 heterocycles. The fourth-order valence-corrected chi connectivity index (χ4v) is 4.27. The summed E-state index contributed by atoms with van der Waals surface area (Å²) >= 11 is 5.85. The van der Waals surface area contributed by atoms with Crippen LogP contribution in [0.1, 0.15) is 32.1 Å². The Morgan fingerprint density at radius 3 is 2.71 bits per heavy atom. The third kappa shape index (κ3) is 5.28. The molecule has 164 valence electrons. The Balaban J connectivity index is 1.26. The minimum absolute atomic E-state index is 0.0408. The van der Waals surface area contributed by atoms with Crippen LogP contribution in [-0.2, 0) is 9.59 Å². The molecule has 2 fully saturated rings. The zero-order valence-corrected chi connectivity index (χ0v) is 18.2. The van der Waals surface area contributed by atoms with Gasteiger partial charge < -0.3 is 19.7 Å². The van der Waals surface area contributed by atoms with Crippen molar-refractivity contribution in [2.75, 3.05) is 18.6 Å². The van der Waals surface area contributed by atoms with Gasteiger partial charge in [-0.05, 0) is 43.9 Å². The number of carbonyl (C=O) groups excluding carboxylic acids is 2. The van der Waals surface area contributed by atoms with Crippen molar-refractivity contribution in [1.82, 2.24) is 10.3 Å². The van der Waals surface area contributed by atoms with Crippen LogP contribution < -0.4 is 19.7 Å². The summed E-state index contributed by atoms with van der Waals surface area (Å²) in [5, 5.41) is 3.71. The van der Waals surface area contributed by atoms with Crippen molar-refractivity contribution in [3.05, 3.63) is 47.6 Å². The van der Waals surface area contributed by atoms with Gasteiger partial charge in [0.15, 0.2) is 0 Å². The third-order valence-electron chi connectivity index (χ3n) is 5.87. The van der Waals surface area contributed by atoms with Gasteiger partial charge >= 0.3 is 0 Å². The predicted octanol–water partition coefficient (Wildman–Crippen LogP) is 3.60. The molecule has 2 amide bonds. The van der Waals surface area contributed by atoms with E-state index in [1.165, 1.54) is 0 Å². The van der Waals surface area contributed by atoms with Crippen LogP contribution in [0, 0.1) is 5.92 Å². The maximum Gasteiger partial charge on any atom is 0.227 e. The normalized spacial score (nSPS) is 23.5. The molecule has 1 atom stereocenters. The lowest BCUT2D eigenvalue weighted by Crippen LogP contribution is -2.43. The van der Waals surface area contributed by atoms with Gasteiger partial charge in [-0.25, -0.2) is 4.98 Å². The van der Waals surface area contributed by atoms with Gasteiger partial charge in [0.1, 0.15) is 11.9 Å². The highest BCUT2D eigenvalue weighted by Gasteiger charge is 2.36. The number of pyridine rings is 1. The molecule has 0 radical (unpaired) electrons. The Hall–Kier alpha value is -2.80. The van der Waals surface area contributed by atoms with E-state index in [2.05, 4.69) is 10.3 Å². The highest BCUT2D eigenvalue weighted by atomic mass is 35.5. The monoisotopic (exact) mass is 443 g/mol. The summed E-state index contributed by atoms with van der Waals surface area (Å²) in [4.78, 5) is 31.1. The number of hydrogen-bond donors (Lipinski definition) is 1. The Labute approximate surface area is 186 Å². The van der Waals surface area contributed by atoms with Gasteiger partial charge in [-0.15, -0.1) is 0 Å². The van der Waals surface area contributed by atoms with E-state index < -0.39 is 0 Å². The van der Waals surface area contributed by atoms with E-state index in [0.717, 1.165) is 31.4 Å². The number of ether oxygens (including phenoxy) is 2. The highest BCUT2D eigenvalue weighted by Crippen LogP contribution is 2.29. The number of halogens is 1. The van der Waals surface area contributed by atoms with Gasteiger partial charge in [0.05, 0.1) is 18.1 Å². The van der Waals surface area contributed by atoms with Crippen molar-refractivity contribution in [3.63, 3.8) is 0 Å². The fourth-order valence-electron chi connectivity index (χ4n) is 4.16. The van der Waals surface area contributed by atoms with Crippen LogP contribution in [0.3, 0.4) is 0 Å². The number of aromatic nitrogens is 1. The molecule has 1 N–H and O–H groups in total. The van der Waals surface area contributed by atoms with Crippen molar-refractivity contribution < 1.29 is 19.1 Å². The molecule has 4 rings (SSSR count). The number of hydrogen-bond acceptors (Lipinski definition) is 5. The zero-order chi connectivity index (χ0) is 21.8. The predicted molar refractivity (Wildman–Crippen MR) is 118 cm³/mol. The summed E-state index contributed by atoms with van der Waals surface area (Å²) < 4.78 is 11.2. The first-order valence-electron chi connectivity index (χ1n) is 10.5. The summed E-state index contributed by atoms with van der Waals surface area (Å²) in [7, 11) is 1.59. The number of amides is 2. The van der Waals surface area contributed by atoms with E-state index >= 15 is 0 Å². The molecule has 7 nitrogen and oxygen atoms in total. The summed E-state index contributed by atoms with van der Waals surface area (Å²) in [6.07, 6.45) is 5.24. The lowest BCUT2D eigenvalue weighted by molar-refractivity contribution is -0.127. The smallest absolute Gasteiger partial charge is 0.227 e. The van der Waals surface area contributed by atoms with Gasteiger partial charge in [0.2, 0.25) is 17.7 Å². The van der Waals surface area contributed by atoms with E-state index in [9.17, 15) is 9.59 Å². The molecule has 0 spiro atoms. The fraction of sp³-hybridized carbons (Fsp3) is 0.435. The number of benzene rings is 1. The van der Waals surface area contributed by atoms with Crippen LogP contribution in [0.4, 0.5) is 5.69 Å². The summed E-state index contributed by atoms with van der Waals surface area (Å²) in [5.41, 5.74) is 0.758. The standard InChI is InChI=1S/C23H26ClN3O4/c1-30-20-4-2-3-18(12-20)27-14-15(11-22(27)28)23(29)26-17-6-8-19(9-7-17)31-21-10-5-16(24)13-25-21/h2-5,10,12-13,15,17,19H,6-9,11,14H2,1H3,(H,26,29). The van der Waals surface area contributed by atoms with Crippen LogP contribution in [0.5, 0.6) is 11.6 Å². The van der Waals surface area contributed by atoms with Crippen molar-refractivity contribution in [2.24, 2.45) is 5.92 Å². The van der Waals surface area contributed by atoms with Gasteiger partial charge in [-0.1, -0.05) is 17.7 Å². The molecule has 1 saturated heterocycles. The molecule has 31 heavy (non-hydrogen) atoms. The molecule has 1 aliphatic carbocycles. The van der Waals surface area contributed by atoms with Gasteiger partial charge in [0.25, 0.3) is 0 Å². The van der Waals surface area contributed by atoms with Crippen molar-refractivity contribution in [2.45, 2.75) is 44.2 Å². The van der Waals surface area contributed by atoms with Gasteiger partial charge in [-0.2, -0.15) is 0 Å². The third-order valence-corrected chi connectivity index (χ3v) is 6.09. The van der Waals surface area contributed by atoms with E-state index in [4.69, 9.17) is 21.1 Å². The maximum atomic E-state index is 12.8. The SMILES string of the molecule is COc1cccc(N2CC(C(=O)NC3CCC(Oc4ccc(Cl)cn4)CC3)CC2=O)c1. The van der Waals surface area contributed by atoms with Crippen molar-refractivity contribution >= 4 is 29.1 Å². The minimum Gasteiger partial charge on any atom is -0.497 e. The van der Waals surface area contributed by atoms with Crippen molar-refractivity contribution in [3.8, 4) is 11.6 Å². The average Bonchev–Trinajstić information content (AvgIpc) is 3.18. The molecule has 1 unspecified atom stereocenters. The van der Waals surface area contributed by atoms with Crippen molar-refractivity contribution in [1.29, 1.82) is 0 Å². The maximum absolute atomic E-state index is 12.8. The minimum atomic E-state index is -0.342. The second kappa shape index (κ2) is 9.56. The lowest BCUT2D eigenvalue weighted by Gasteiger charge is -2.29. The number of methoxy groups -OCH3 is 1. The molecule has 0 bridgehead atoms. The Kier molecular flexibility index (Phi) is 6.61. The largest absolute Gasteiger partial charge is 0.497 e. The van der Waals surface area contributed by atoms with Gasteiger partial charge in [-0.3, -0.25) is 9.59 Å². The second-order valence-electron chi connectivity index (χ2n) is 8.02. The summed E-state index contributed by atoms with van der Waals surface area (Å²) in [5.74, 6) is 0.819. The highest BCUT2D eigenvalue weighted by molar-refractivity contribution is 6.30. The van der Waals surface area contributed by atoms with Crippen LogP contribution >= 0.6 is 11.6 Å². The van der Waals surface area contributed by atoms with Crippen LogP contribution in [0.2, 0.25) is 5.02 Å². The van der Waals surface area contributed by atoms with E-state index in [1.807, 2.05) is 24.3 Å². The van der Waals surface area contributed by atoms with Crippen LogP contribution in [0.15, 0.2) is 42.6 Å².